The Morgan fingerprint density at radius 3 is 2.77 bits per heavy atom. The maximum Gasteiger partial charge on any atom is 0.143 e. The summed E-state index contributed by atoms with van der Waals surface area (Å²) in [5.41, 5.74) is 1.08. The molecule has 0 bridgehead atoms. The van der Waals surface area contributed by atoms with Crippen molar-refractivity contribution in [3.63, 3.8) is 0 Å². The van der Waals surface area contributed by atoms with E-state index in [9.17, 15) is 4.55 Å². The molecule has 1 aliphatic carbocycles. The van der Waals surface area contributed by atoms with Crippen molar-refractivity contribution >= 4 is 11.4 Å². The predicted molar refractivity (Wildman–Crippen MR) is 52.8 cm³/mol. The summed E-state index contributed by atoms with van der Waals surface area (Å²) in [5, 5.41) is 4.41. The van der Waals surface area contributed by atoms with Crippen molar-refractivity contribution in [1.29, 1.82) is 0 Å². The molecule has 2 rings (SSSR count). The van der Waals surface area contributed by atoms with E-state index in [1.54, 1.807) is 10.3 Å². The Labute approximate surface area is 81.5 Å². The second-order valence-corrected chi connectivity index (χ2v) is 5.20. The van der Waals surface area contributed by atoms with Crippen LogP contribution in [-0.2, 0) is 11.4 Å². The second kappa shape index (κ2) is 3.72. The molecule has 0 aromatic carbocycles. The largest absolute Gasteiger partial charge is 0.591 e. The van der Waals surface area contributed by atoms with Crippen LogP contribution >= 0.6 is 0 Å². The van der Waals surface area contributed by atoms with Crippen molar-refractivity contribution < 1.29 is 4.55 Å². The van der Waals surface area contributed by atoms with Gasteiger partial charge in [-0.2, -0.15) is 0 Å². The van der Waals surface area contributed by atoms with Gasteiger partial charge in [0.15, 0.2) is 0 Å². The van der Waals surface area contributed by atoms with Crippen molar-refractivity contribution in [3.8, 4) is 0 Å². The van der Waals surface area contributed by atoms with Crippen LogP contribution in [0, 0.1) is 6.92 Å². The fourth-order valence-electron chi connectivity index (χ4n) is 1.73. The van der Waals surface area contributed by atoms with Crippen LogP contribution in [0.5, 0.6) is 0 Å². The first-order valence-electron chi connectivity index (χ1n) is 4.70. The summed E-state index contributed by atoms with van der Waals surface area (Å²) in [5.74, 6) is 0. The zero-order valence-electron chi connectivity index (χ0n) is 7.77. The Morgan fingerprint density at radius 1 is 1.54 bits per heavy atom. The van der Waals surface area contributed by atoms with Gasteiger partial charge in [0, 0.05) is 0 Å². The molecule has 4 heteroatoms. The molecule has 72 valence electrons. The van der Waals surface area contributed by atoms with E-state index in [0.717, 1.165) is 18.4 Å². The summed E-state index contributed by atoms with van der Waals surface area (Å²) in [7, 11) is 0. The van der Waals surface area contributed by atoms with Crippen LogP contribution in [-0.4, -0.2) is 19.0 Å². The molecule has 0 aliphatic heterocycles. The molecule has 0 spiro atoms. The van der Waals surface area contributed by atoms with Gasteiger partial charge >= 0.3 is 0 Å². The summed E-state index contributed by atoms with van der Waals surface area (Å²) in [6.45, 7) is 1.97. The van der Waals surface area contributed by atoms with Crippen LogP contribution in [0.2, 0.25) is 0 Å². The third-order valence-corrected chi connectivity index (χ3v) is 4.07. The summed E-state index contributed by atoms with van der Waals surface area (Å²) in [6, 6.07) is 0. The monoisotopic (exact) mass is 198 g/mol. The minimum atomic E-state index is -0.932. The highest BCUT2D eigenvalue weighted by molar-refractivity contribution is 7.90. The van der Waals surface area contributed by atoms with Crippen molar-refractivity contribution in [3.05, 3.63) is 18.0 Å². The Kier molecular flexibility index (Phi) is 2.60. The van der Waals surface area contributed by atoms with E-state index in [1.807, 2.05) is 13.1 Å². The molecule has 1 atom stereocenters. The van der Waals surface area contributed by atoms with Gasteiger partial charge in [-0.15, -0.1) is 5.10 Å². The van der Waals surface area contributed by atoms with Gasteiger partial charge in [0.2, 0.25) is 0 Å². The summed E-state index contributed by atoms with van der Waals surface area (Å²) >= 11 is -0.932. The van der Waals surface area contributed by atoms with Gasteiger partial charge in [-0.05, 0) is 38.2 Å². The van der Waals surface area contributed by atoms with Crippen LogP contribution in [0.3, 0.4) is 0 Å². The summed E-state index contributed by atoms with van der Waals surface area (Å²) in [6.07, 6.45) is 8.23. The lowest BCUT2D eigenvalue weighted by molar-refractivity contribution is 0.562. The van der Waals surface area contributed by atoms with Gasteiger partial charge in [-0.1, -0.05) is 4.09 Å². The average Bonchev–Trinajstić information content (AvgIpc) is 2.72. The first kappa shape index (κ1) is 9.09. The zero-order valence-corrected chi connectivity index (χ0v) is 8.59. The minimum Gasteiger partial charge on any atom is -0.591 e. The van der Waals surface area contributed by atoms with E-state index in [0.29, 0.717) is 5.25 Å². The molecule has 1 heterocycles. The normalized spacial score (nSPS) is 20.8. The van der Waals surface area contributed by atoms with Crippen LogP contribution in [0.1, 0.15) is 31.2 Å². The topological polar surface area (TPSA) is 40.9 Å². The molecular weight excluding hydrogens is 184 g/mol. The van der Waals surface area contributed by atoms with Gasteiger partial charge in [-0.3, -0.25) is 0 Å². The quantitative estimate of drug-likeness (QED) is 0.678. The molecule has 1 aromatic rings. The van der Waals surface area contributed by atoms with E-state index in [-0.39, 0.29) is 0 Å². The van der Waals surface area contributed by atoms with E-state index in [1.165, 1.54) is 12.8 Å². The highest BCUT2D eigenvalue weighted by Gasteiger charge is 2.28. The van der Waals surface area contributed by atoms with Crippen LogP contribution in [0.25, 0.3) is 0 Å². The third kappa shape index (κ3) is 1.89. The maximum atomic E-state index is 11.9. The lowest BCUT2D eigenvalue weighted by Crippen LogP contribution is -2.25. The fourth-order valence-corrected chi connectivity index (χ4v) is 3.18. The van der Waals surface area contributed by atoms with E-state index < -0.39 is 11.4 Å². The number of aryl methyl sites for hydroxylation is 1. The molecule has 0 saturated heterocycles. The summed E-state index contributed by atoms with van der Waals surface area (Å²) in [4.78, 5) is 0. The smallest absolute Gasteiger partial charge is 0.143 e. The van der Waals surface area contributed by atoms with Gasteiger partial charge in [0.25, 0.3) is 0 Å². The molecule has 1 fully saturated rings. The molecule has 1 unspecified atom stereocenters. The van der Waals surface area contributed by atoms with E-state index in [4.69, 9.17) is 0 Å². The number of aromatic nitrogens is 2. The minimum absolute atomic E-state index is 0.333. The first-order valence-corrected chi connectivity index (χ1v) is 5.87. The van der Waals surface area contributed by atoms with Gasteiger partial charge in [0.1, 0.15) is 5.25 Å². The fraction of sp³-hybridized carbons (Fsp3) is 0.667. The van der Waals surface area contributed by atoms with Crippen LogP contribution in [0.15, 0.2) is 12.4 Å². The predicted octanol–water partition coefficient (Wildman–Crippen LogP) is 1.65. The Bertz CT molecular complexity index is 281. The second-order valence-electron chi connectivity index (χ2n) is 3.60. The SMILES string of the molecule is Cc1cnn([S+]([O-])C2CCCC2)c1. The van der Waals surface area contributed by atoms with Crippen LogP contribution in [0.4, 0.5) is 0 Å². The molecule has 1 aliphatic rings. The third-order valence-electron chi connectivity index (χ3n) is 2.46. The Balaban J connectivity index is 2.07. The number of hydrogen-bond donors (Lipinski definition) is 0. The Hall–Kier alpha value is -0.480. The average molecular weight is 198 g/mol. The molecular formula is C9H14N2OS. The molecule has 0 amide bonds. The van der Waals surface area contributed by atoms with Crippen molar-refractivity contribution in [2.75, 3.05) is 0 Å². The lowest BCUT2D eigenvalue weighted by Gasteiger charge is -2.14. The zero-order chi connectivity index (χ0) is 9.26. The van der Waals surface area contributed by atoms with Crippen molar-refractivity contribution in [2.24, 2.45) is 0 Å². The number of rotatable bonds is 2. The molecule has 0 radical (unpaired) electrons. The number of hydrogen-bond acceptors (Lipinski definition) is 2. The van der Waals surface area contributed by atoms with Crippen molar-refractivity contribution in [2.45, 2.75) is 37.9 Å². The standard InChI is InChI=1S/C9H14N2OS/c1-8-6-10-11(7-8)13(12)9-4-2-3-5-9/h6-7,9H,2-5H2,1H3. The highest BCUT2D eigenvalue weighted by atomic mass is 32.2. The van der Waals surface area contributed by atoms with Gasteiger partial charge in [0.05, 0.1) is 23.8 Å². The molecule has 1 saturated carbocycles. The number of nitrogens with zero attached hydrogens (tertiary/aromatic N) is 2. The van der Waals surface area contributed by atoms with Crippen molar-refractivity contribution in [1.82, 2.24) is 9.19 Å². The van der Waals surface area contributed by atoms with Gasteiger partial charge < -0.3 is 4.55 Å². The molecule has 1 aromatic heterocycles. The summed E-state index contributed by atoms with van der Waals surface area (Å²) < 4.78 is 13.5. The van der Waals surface area contributed by atoms with Crippen LogP contribution < -0.4 is 0 Å². The van der Waals surface area contributed by atoms with E-state index >= 15 is 0 Å². The molecule has 3 nitrogen and oxygen atoms in total. The molecule has 13 heavy (non-hydrogen) atoms. The van der Waals surface area contributed by atoms with Gasteiger partial charge in [-0.25, -0.2) is 0 Å². The Morgan fingerprint density at radius 2 is 2.23 bits per heavy atom. The van der Waals surface area contributed by atoms with E-state index in [2.05, 4.69) is 5.10 Å². The first-order chi connectivity index (χ1) is 6.27. The highest BCUT2D eigenvalue weighted by Crippen LogP contribution is 2.25. The maximum absolute atomic E-state index is 11.9. The lowest BCUT2D eigenvalue weighted by atomic mass is 10.4. The molecule has 0 N–H and O–H groups in total.